The molecule has 0 amide bonds. The average Bonchev–Trinajstić information content (AvgIpc) is 2.16. The lowest BCUT2D eigenvalue weighted by atomic mass is 10.4. The van der Waals surface area contributed by atoms with E-state index in [4.69, 9.17) is 0 Å². The minimum Gasteiger partial charge on any atom is -0.262 e. The van der Waals surface area contributed by atoms with Crippen LogP contribution in [-0.4, -0.2) is 38.1 Å². The van der Waals surface area contributed by atoms with Crippen molar-refractivity contribution in [3.63, 3.8) is 0 Å². The van der Waals surface area contributed by atoms with E-state index in [2.05, 4.69) is 10.8 Å². The quantitative estimate of drug-likeness (QED) is 0.429. The van der Waals surface area contributed by atoms with Gasteiger partial charge in [-0.2, -0.15) is 8.42 Å². The summed E-state index contributed by atoms with van der Waals surface area (Å²) in [6.07, 6.45) is 1.39. The van der Waals surface area contributed by atoms with Crippen molar-refractivity contribution in [1.82, 2.24) is 0 Å². The van der Waals surface area contributed by atoms with E-state index in [1.54, 1.807) is 18.2 Å². The van der Waals surface area contributed by atoms with Gasteiger partial charge in [0.2, 0.25) is 0 Å². The molecule has 0 aliphatic heterocycles. The van der Waals surface area contributed by atoms with Crippen LogP contribution < -0.4 is 0 Å². The first-order valence-corrected chi connectivity index (χ1v) is 5.13. The van der Waals surface area contributed by atoms with Gasteiger partial charge in [0, 0.05) is 0 Å². The lowest BCUT2D eigenvalue weighted by molar-refractivity contribution is 0.357. The maximum atomic E-state index is 11.3. The number of benzene rings is 1. The highest BCUT2D eigenvalue weighted by Gasteiger charge is 2.12. The highest BCUT2D eigenvalue weighted by molar-refractivity contribution is 7.86. The van der Waals surface area contributed by atoms with E-state index >= 15 is 0 Å². The lowest BCUT2D eigenvalue weighted by Gasteiger charge is -2.01. The van der Waals surface area contributed by atoms with E-state index in [0.717, 1.165) is 0 Å². The third kappa shape index (κ3) is 3.79. The predicted octanol–water partition coefficient (Wildman–Crippen LogP) is 0.662. The van der Waals surface area contributed by atoms with Crippen LogP contribution in [0.1, 0.15) is 0 Å². The Morgan fingerprint density at radius 3 is 2.36 bits per heavy atom. The fourth-order valence-electron chi connectivity index (χ4n) is 0.793. The first-order valence-electron chi connectivity index (χ1n) is 3.72. The van der Waals surface area contributed by atoms with Crippen LogP contribution in [0.2, 0.25) is 0 Å². The topological polar surface area (TPSA) is 43.4 Å². The summed E-state index contributed by atoms with van der Waals surface area (Å²) in [5.41, 5.74) is 0. The van der Waals surface area contributed by atoms with E-state index in [9.17, 15) is 8.42 Å². The highest BCUT2D eigenvalue weighted by Crippen LogP contribution is 2.10. The zero-order valence-corrected chi connectivity index (χ0v) is 7.83. The van der Waals surface area contributed by atoms with Gasteiger partial charge in [-0.05, 0) is 12.1 Å². The fourth-order valence-corrected chi connectivity index (χ4v) is 1.69. The lowest BCUT2D eigenvalue weighted by Crippen LogP contribution is -2.05. The van der Waals surface area contributed by atoms with Crippen molar-refractivity contribution in [2.75, 3.05) is 6.61 Å². The normalized spacial score (nSPS) is 10.3. The third-order valence-corrected chi connectivity index (χ3v) is 2.67. The fraction of sp³-hybridized carbons (Fsp3) is 0.111. The molecule has 0 radical (unpaired) electrons. The van der Waals surface area contributed by atoms with E-state index in [1.807, 2.05) is 0 Å². The molecule has 14 heavy (non-hydrogen) atoms. The smallest absolute Gasteiger partial charge is 0.262 e. The van der Waals surface area contributed by atoms with E-state index in [1.165, 1.54) is 18.2 Å². The van der Waals surface area contributed by atoms with Gasteiger partial charge < -0.3 is 0 Å². The molecule has 0 fully saturated rings. The second-order valence-corrected chi connectivity index (χ2v) is 3.96. The van der Waals surface area contributed by atoms with Gasteiger partial charge in [-0.25, -0.2) is 0 Å². The third-order valence-electron chi connectivity index (χ3n) is 1.37. The van der Waals surface area contributed by atoms with Crippen molar-refractivity contribution in [2.24, 2.45) is 0 Å². The molecule has 3 nitrogen and oxygen atoms in total. The SMILES string of the molecule is C=CCOS(=O)(=O)c1ccccc1.[MgH2]. The Bertz CT molecular complexity index is 372. The first kappa shape index (κ1) is 13.6. The Morgan fingerprint density at radius 2 is 1.86 bits per heavy atom. The van der Waals surface area contributed by atoms with Gasteiger partial charge in [0.25, 0.3) is 10.1 Å². The van der Waals surface area contributed by atoms with Crippen LogP contribution in [0.3, 0.4) is 0 Å². The standard InChI is InChI=1S/C9H10O3S.Mg.2H/c1-2-8-12-13(10,11)9-6-4-3-5-7-9;;;/h2-7H,1,8H2;;;. The molecular weight excluding hydrogens is 212 g/mol. The molecule has 0 aliphatic carbocycles. The summed E-state index contributed by atoms with van der Waals surface area (Å²) in [6, 6.07) is 8.00. The van der Waals surface area contributed by atoms with Crippen molar-refractivity contribution < 1.29 is 12.6 Å². The van der Waals surface area contributed by atoms with E-state index < -0.39 is 10.1 Å². The summed E-state index contributed by atoms with van der Waals surface area (Å²) in [7, 11) is -3.59. The molecule has 0 saturated heterocycles. The Labute approximate surface area is 100 Å². The Kier molecular flexibility index (Phi) is 6.02. The monoisotopic (exact) mass is 224 g/mol. The van der Waals surface area contributed by atoms with Gasteiger partial charge in [0.1, 0.15) is 0 Å². The molecule has 74 valence electrons. The molecule has 0 bridgehead atoms. The van der Waals surface area contributed by atoms with Crippen molar-refractivity contribution in [3.8, 4) is 0 Å². The highest BCUT2D eigenvalue weighted by atomic mass is 32.2. The molecule has 0 heterocycles. The van der Waals surface area contributed by atoms with Crippen LogP contribution in [0.15, 0.2) is 47.9 Å². The molecule has 0 aliphatic rings. The molecule has 0 saturated carbocycles. The van der Waals surface area contributed by atoms with Crippen molar-refractivity contribution in [2.45, 2.75) is 4.90 Å². The summed E-state index contributed by atoms with van der Waals surface area (Å²) in [6.45, 7) is 3.37. The Balaban J connectivity index is 0.00000169. The first-order chi connectivity index (χ1) is 6.17. The van der Waals surface area contributed by atoms with Crippen molar-refractivity contribution in [1.29, 1.82) is 0 Å². The van der Waals surface area contributed by atoms with Crippen LogP contribution in [-0.2, 0) is 14.3 Å². The molecule has 0 spiro atoms. The van der Waals surface area contributed by atoms with Gasteiger partial charge in [0.05, 0.1) is 11.5 Å². The second kappa shape index (κ2) is 6.18. The molecular formula is C9H12MgO3S. The van der Waals surface area contributed by atoms with Crippen molar-refractivity contribution in [3.05, 3.63) is 43.0 Å². The molecule has 0 N–H and O–H groups in total. The maximum Gasteiger partial charge on any atom is 0.316 e. The largest absolute Gasteiger partial charge is 0.316 e. The number of rotatable bonds is 4. The van der Waals surface area contributed by atoms with Crippen LogP contribution in [0.25, 0.3) is 0 Å². The van der Waals surface area contributed by atoms with Crippen LogP contribution in [0.5, 0.6) is 0 Å². The van der Waals surface area contributed by atoms with Gasteiger partial charge in [0.15, 0.2) is 0 Å². The molecule has 5 heteroatoms. The summed E-state index contributed by atoms with van der Waals surface area (Å²) < 4.78 is 27.3. The number of hydrogen-bond donors (Lipinski definition) is 0. The molecule has 0 aromatic heterocycles. The average molecular weight is 225 g/mol. The van der Waals surface area contributed by atoms with Crippen LogP contribution in [0, 0.1) is 0 Å². The maximum absolute atomic E-state index is 11.3. The van der Waals surface area contributed by atoms with Crippen LogP contribution >= 0.6 is 0 Å². The summed E-state index contributed by atoms with van der Waals surface area (Å²) in [5, 5.41) is 0. The second-order valence-electron chi connectivity index (χ2n) is 2.34. The summed E-state index contributed by atoms with van der Waals surface area (Å²) in [5.74, 6) is 0. The van der Waals surface area contributed by atoms with Crippen molar-refractivity contribution >= 4 is 33.2 Å². The van der Waals surface area contributed by atoms with Gasteiger partial charge in [-0.3, -0.25) is 4.18 Å². The van der Waals surface area contributed by atoms with Crippen LogP contribution in [0.4, 0.5) is 0 Å². The Hall–Kier alpha value is -0.364. The molecule has 1 aromatic carbocycles. The predicted molar refractivity (Wildman–Crippen MR) is 58.3 cm³/mol. The summed E-state index contributed by atoms with van der Waals surface area (Å²) >= 11 is 0. The molecule has 0 atom stereocenters. The minimum absolute atomic E-state index is 0. The molecule has 1 rings (SSSR count). The molecule has 0 unspecified atom stereocenters. The van der Waals surface area contributed by atoms with Gasteiger partial charge in [-0.15, -0.1) is 6.58 Å². The summed E-state index contributed by atoms with van der Waals surface area (Å²) in [4.78, 5) is 0.164. The van der Waals surface area contributed by atoms with Gasteiger partial charge >= 0.3 is 23.1 Å². The molecule has 1 aromatic rings. The van der Waals surface area contributed by atoms with E-state index in [0.29, 0.717) is 0 Å². The zero-order valence-electron chi connectivity index (χ0n) is 7.01. The number of hydrogen-bond acceptors (Lipinski definition) is 3. The van der Waals surface area contributed by atoms with Gasteiger partial charge in [-0.1, -0.05) is 24.3 Å². The van der Waals surface area contributed by atoms with E-state index in [-0.39, 0.29) is 34.6 Å². The minimum atomic E-state index is -3.59. The zero-order chi connectivity index (χ0) is 9.73. The Morgan fingerprint density at radius 1 is 1.29 bits per heavy atom.